The van der Waals surface area contributed by atoms with Crippen LogP contribution in [0.25, 0.3) is 0 Å². The van der Waals surface area contributed by atoms with Crippen LogP contribution in [-0.2, 0) is 16.1 Å². The van der Waals surface area contributed by atoms with Crippen molar-refractivity contribution < 1.29 is 23.5 Å². The molecule has 144 valence electrons. The molecule has 0 atom stereocenters. The summed E-state index contributed by atoms with van der Waals surface area (Å²) in [6, 6.07) is 12.2. The van der Waals surface area contributed by atoms with Crippen LogP contribution in [-0.4, -0.2) is 18.5 Å². The van der Waals surface area contributed by atoms with Crippen LogP contribution in [0.3, 0.4) is 0 Å². The lowest BCUT2D eigenvalue weighted by atomic mass is 10.1. The van der Waals surface area contributed by atoms with E-state index in [4.69, 9.17) is 9.47 Å². The second kappa shape index (κ2) is 11.1. The molecule has 0 fully saturated rings. The van der Waals surface area contributed by atoms with Crippen molar-refractivity contribution in [1.82, 2.24) is 0 Å². The molecule has 0 saturated carbocycles. The summed E-state index contributed by atoms with van der Waals surface area (Å²) in [7, 11) is 0. The predicted molar refractivity (Wildman–Crippen MR) is 101 cm³/mol. The number of hydrogen-bond acceptors (Lipinski definition) is 4. The van der Waals surface area contributed by atoms with Gasteiger partial charge in [-0.05, 0) is 36.2 Å². The van der Waals surface area contributed by atoms with Crippen LogP contribution in [0.2, 0.25) is 0 Å². The van der Waals surface area contributed by atoms with Gasteiger partial charge in [0.15, 0.2) is 0 Å². The zero-order valence-electron chi connectivity index (χ0n) is 15.6. The summed E-state index contributed by atoms with van der Waals surface area (Å²) < 4.78 is 23.7. The van der Waals surface area contributed by atoms with Gasteiger partial charge in [-0.15, -0.1) is 0 Å². The summed E-state index contributed by atoms with van der Waals surface area (Å²) in [5.74, 6) is -1.58. The molecule has 0 aliphatic heterocycles. The van der Waals surface area contributed by atoms with Crippen molar-refractivity contribution >= 4 is 11.9 Å². The highest BCUT2D eigenvalue weighted by atomic mass is 19.1. The normalized spacial score (nSPS) is 10.4. The number of carbonyl (C=O) groups is 2. The number of hydrogen-bond donors (Lipinski definition) is 0. The molecule has 2 aromatic carbocycles. The van der Waals surface area contributed by atoms with Crippen molar-refractivity contribution in [2.75, 3.05) is 6.61 Å². The van der Waals surface area contributed by atoms with E-state index in [1.165, 1.54) is 30.7 Å². The van der Waals surface area contributed by atoms with Crippen molar-refractivity contribution in [3.8, 4) is 0 Å². The molecular weight excluding hydrogens is 347 g/mol. The number of ether oxygens (including phenoxy) is 2. The highest BCUT2D eigenvalue weighted by Gasteiger charge is 2.19. The standard InChI is InChI=1S/C22H25FO4/c1-2-3-4-5-8-14-26-21(24)19-12-6-7-13-20(19)22(25)27-16-17-10-9-11-18(23)15-17/h6-7,9-13,15H,2-5,8,14,16H2,1H3. The molecule has 0 aliphatic rings. The zero-order chi connectivity index (χ0) is 19.5. The number of rotatable bonds is 10. The molecule has 27 heavy (non-hydrogen) atoms. The van der Waals surface area contributed by atoms with Crippen LogP contribution in [0.5, 0.6) is 0 Å². The quantitative estimate of drug-likeness (QED) is 0.419. The van der Waals surface area contributed by atoms with Gasteiger partial charge in [0, 0.05) is 0 Å². The molecule has 0 bridgehead atoms. The van der Waals surface area contributed by atoms with Gasteiger partial charge in [-0.2, -0.15) is 0 Å². The predicted octanol–water partition coefficient (Wildman–Crippen LogP) is 5.31. The van der Waals surface area contributed by atoms with E-state index in [1.54, 1.807) is 24.3 Å². The maximum absolute atomic E-state index is 13.2. The highest BCUT2D eigenvalue weighted by molar-refractivity contribution is 6.03. The van der Waals surface area contributed by atoms with Gasteiger partial charge in [0.25, 0.3) is 0 Å². The molecule has 4 nitrogen and oxygen atoms in total. The van der Waals surface area contributed by atoms with E-state index in [1.807, 2.05) is 0 Å². The average Bonchev–Trinajstić information content (AvgIpc) is 2.68. The molecule has 0 spiro atoms. The van der Waals surface area contributed by atoms with Gasteiger partial charge in [-0.3, -0.25) is 0 Å². The van der Waals surface area contributed by atoms with E-state index in [-0.39, 0.29) is 17.7 Å². The molecule has 5 heteroatoms. The topological polar surface area (TPSA) is 52.6 Å². The van der Waals surface area contributed by atoms with E-state index in [0.29, 0.717) is 12.2 Å². The molecule has 0 saturated heterocycles. The second-order valence-electron chi connectivity index (χ2n) is 6.30. The van der Waals surface area contributed by atoms with Crippen molar-refractivity contribution in [3.05, 3.63) is 71.0 Å². The zero-order valence-corrected chi connectivity index (χ0v) is 15.6. The van der Waals surface area contributed by atoms with Crippen molar-refractivity contribution in [2.45, 2.75) is 45.6 Å². The molecule has 0 radical (unpaired) electrons. The van der Waals surface area contributed by atoms with Crippen LogP contribution in [0, 0.1) is 5.82 Å². The number of carbonyl (C=O) groups excluding carboxylic acids is 2. The molecular formula is C22H25FO4. The van der Waals surface area contributed by atoms with E-state index in [9.17, 15) is 14.0 Å². The number of unbranched alkanes of at least 4 members (excludes halogenated alkanes) is 4. The van der Waals surface area contributed by atoms with Gasteiger partial charge >= 0.3 is 11.9 Å². The first-order valence-corrected chi connectivity index (χ1v) is 9.29. The monoisotopic (exact) mass is 372 g/mol. The largest absolute Gasteiger partial charge is 0.462 e. The average molecular weight is 372 g/mol. The van der Waals surface area contributed by atoms with Gasteiger partial charge in [0.05, 0.1) is 17.7 Å². The smallest absolute Gasteiger partial charge is 0.339 e. The fourth-order valence-electron chi connectivity index (χ4n) is 2.64. The van der Waals surface area contributed by atoms with E-state index in [2.05, 4.69) is 6.92 Å². The Morgan fingerprint density at radius 3 is 2.19 bits per heavy atom. The molecule has 0 heterocycles. The van der Waals surface area contributed by atoms with Gasteiger partial charge < -0.3 is 9.47 Å². The lowest BCUT2D eigenvalue weighted by Crippen LogP contribution is -2.14. The fourth-order valence-corrected chi connectivity index (χ4v) is 2.64. The van der Waals surface area contributed by atoms with Gasteiger partial charge in [-0.1, -0.05) is 56.9 Å². The summed E-state index contributed by atoms with van der Waals surface area (Å²) >= 11 is 0. The number of halogens is 1. The lowest BCUT2D eigenvalue weighted by molar-refractivity contribution is 0.0436. The Kier molecular flexibility index (Phi) is 8.49. The Bertz CT molecular complexity index is 757. The minimum atomic E-state index is -0.644. The Hall–Kier alpha value is -2.69. The Balaban J connectivity index is 1.91. The Morgan fingerprint density at radius 1 is 0.852 bits per heavy atom. The van der Waals surface area contributed by atoms with Crippen molar-refractivity contribution in [3.63, 3.8) is 0 Å². The summed E-state index contributed by atoms with van der Waals surface area (Å²) in [6.45, 7) is 2.40. The van der Waals surface area contributed by atoms with Crippen LogP contribution >= 0.6 is 0 Å². The maximum atomic E-state index is 13.2. The molecule has 0 amide bonds. The first kappa shape index (κ1) is 20.6. The van der Waals surface area contributed by atoms with Crippen molar-refractivity contribution in [2.24, 2.45) is 0 Å². The third-order valence-corrected chi connectivity index (χ3v) is 4.11. The van der Waals surface area contributed by atoms with E-state index < -0.39 is 17.8 Å². The summed E-state index contributed by atoms with van der Waals surface area (Å²) in [6.07, 6.45) is 5.27. The summed E-state index contributed by atoms with van der Waals surface area (Å²) in [4.78, 5) is 24.7. The molecule has 2 rings (SSSR count). The molecule has 0 aromatic heterocycles. The minimum absolute atomic E-state index is 0.0720. The van der Waals surface area contributed by atoms with Crippen LogP contribution in [0.1, 0.15) is 65.3 Å². The van der Waals surface area contributed by atoms with Crippen LogP contribution in [0.4, 0.5) is 4.39 Å². The van der Waals surface area contributed by atoms with Gasteiger partial charge in [0.1, 0.15) is 12.4 Å². The Morgan fingerprint density at radius 2 is 1.52 bits per heavy atom. The Labute approximate surface area is 159 Å². The van der Waals surface area contributed by atoms with Crippen LogP contribution < -0.4 is 0 Å². The third kappa shape index (κ3) is 6.85. The summed E-state index contributed by atoms with van der Waals surface area (Å²) in [5.41, 5.74) is 0.857. The maximum Gasteiger partial charge on any atom is 0.339 e. The second-order valence-corrected chi connectivity index (χ2v) is 6.30. The van der Waals surface area contributed by atoms with Gasteiger partial charge in [0.2, 0.25) is 0 Å². The molecule has 0 aliphatic carbocycles. The fraction of sp³-hybridized carbons (Fsp3) is 0.364. The number of benzene rings is 2. The van der Waals surface area contributed by atoms with Gasteiger partial charge in [-0.25, -0.2) is 14.0 Å². The highest BCUT2D eigenvalue weighted by Crippen LogP contribution is 2.14. The van der Waals surface area contributed by atoms with E-state index in [0.717, 1.165) is 25.7 Å². The SMILES string of the molecule is CCCCCCCOC(=O)c1ccccc1C(=O)OCc1cccc(F)c1. The molecule has 2 aromatic rings. The lowest BCUT2D eigenvalue weighted by Gasteiger charge is -2.10. The number of esters is 2. The first-order valence-electron chi connectivity index (χ1n) is 9.29. The molecule has 0 N–H and O–H groups in total. The minimum Gasteiger partial charge on any atom is -0.462 e. The first-order chi connectivity index (χ1) is 13.1. The van der Waals surface area contributed by atoms with Crippen molar-refractivity contribution in [1.29, 1.82) is 0 Å². The third-order valence-electron chi connectivity index (χ3n) is 4.11. The van der Waals surface area contributed by atoms with E-state index >= 15 is 0 Å². The molecule has 0 unspecified atom stereocenters. The van der Waals surface area contributed by atoms with Crippen LogP contribution in [0.15, 0.2) is 48.5 Å². The summed E-state index contributed by atoms with van der Waals surface area (Å²) in [5, 5.41) is 0.